The molecule has 0 aliphatic heterocycles. The molecule has 0 radical (unpaired) electrons. The fourth-order valence-corrected chi connectivity index (χ4v) is 1.00. The second kappa shape index (κ2) is 2.07. The molecule has 0 fully saturated rings. The van der Waals surface area contributed by atoms with Gasteiger partial charge in [0.1, 0.15) is 11.6 Å². The maximum absolute atomic E-state index is 11.2. The first-order valence-electron chi connectivity index (χ1n) is 3.39. The van der Waals surface area contributed by atoms with E-state index in [1.165, 1.54) is 10.6 Å². The summed E-state index contributed by atoms with van der Waals surface area (Å²) in [6, 6.07) is 1.24. The van der Waals surface area contributed by atoms with Gasteiger partial charge in [-0.25, -0.2) is 0 Å². The average molecular weight is 165 g/mol. The predicted octanol–water partition coefficient (Wildman–Crippen LogP) is -0.692. The second-order valence-electron chi connectivity index (χ2n) is 2.46. The number of nitrogens with zero attached hydrogens (tertiary/aromatic N) is 3. The van der Waals surface area contributed by atoms with Crippen LogP contribution < -0.4 is 11.3 Å². The second-order valence-corrected chi connectivity index (χ2v) is 2.46. The van der Waals surface area contributed by atoms with E-state index < -0.39 is 0 Å². The zero-order valence-corrected chi connectivity index (χ0v) is 6.40. The van der Waals surface area contributed by atoms with Crippen LogP contribution in [-0.4, -0.2) is 19.6 Å². The number of aromatic amines is 1. The van der Waals surface area contributed by atoms with Crippen molar-refractivity contribution in [3.63, 3.8) is 0 Å². The number of aryl methyl sites for hydroxylation is 1. The molecule has 0 saturated carbocycles. The molecule has 6 heteroatoms. The van der Waals surface area contributed by atoms with Crippen molar-refractivity contribution in [2.45, 2.75) is 6.92 Å². The molecule has 0 aromatic carbocycles. The first kappa shape index (κ1) is 6.84. The average Bonchev–Trinajstić information content (AvgIpc) is 2.29. The molecule has 2 aromatic heterocycles. The molecule has 0 aliphatic rings. The van der Waals surface area contributed by atoms with Crippen molar-refractivity contribution < 1.29 is 0 Å². The zero-order chi connectivity index (χ0) is 8.72. The maximum Gasteiger partial charge on any atom is 0.276 e. The van der Waals surface area contributed by atoms with Crippen molar-refractivity contribution in [2.24, 2.45) is 0 Å². The molecule has 62 valence electrons. The summed E-state index contributed by atoms with van der Waals surface area (Å²) in [7, 11) is 0. The number of fused-ring (bicyclic) bond motifs is 1. The smallest absolute Gasteiger partial charge is 0.276 e. The minimum atomic E-state index is -0.252. The van der Waals surface area contributed by atoms with E-state index in [4.69, 9.17) is 5.73 Å². The van der Waals surface area contributed by atoms with Crippen molar-refractivity contribution in [3.05, 3.63) is 22.2 Å². The molecule has 0 aliphatic carbocycles. The summed E-state index contributed by atoms with van der Waals surface area (Å²) < 4.78 is 1.24. The Bertz CT molecular complexity index is 482. The number of H-pyrrole nitrogens is 1. The molecule has 6 nitrogen and oxygen atoms in total. The third-order valence-electron chi connectivity index (χ3n) is 1.46. The van der Waals surface area contributed by atoms with Crippen molar-refractivity contribution in [1.82, 2.24) is 19.6 Å². The van der Waals surface area contributed by atoms with E-state index in [0.717, 1.165) is 0 Å². The van der Waals surface area contributed by atoms with Gasteiger partial charge in [0.25, 0.3) is 11.3 Å². The Morgan fingerprint density at radius 3 is 3.08 bits per heavy atom. The van der Waals surface area contributed by atoms with E-state index in [1.54, 1.807) is 6.92 Å². The quantitative estimate of drug-likeness (QED) is 0.540. The highest BCUT2D eigenvalue weighted by Gasteiger charge is 2.02. The minimum Gasteiger partial charge on any atom is -0.383 e. The minimum absolute atomic E-state index is 0.187. The first-order valence-corrected chi connectivity index (χ1v) is 3.39. The fourth-order valence-electron chi connectivity index (χ4n) is 1.00. The van der Waals surface area contributed by atoms with Gasteiger partial charge in [0.05, 0.1) is 0 Å². The van der Waals surface area contributed by atoms with Crippen LogP contribution in [0.1, 0.15) is 5.82 Å². The van der Waals surface area contributed by atoms with E-state index in [-0.39, 0.29) is 11.4 Å². The SMILES string of the molecule is Cc1nc2nc(N)cc(=O)n2[nH]1. The Labute approximate surface area is 67.0 Å². The van der Waals surface area contributed by atoms with Crippen molar-refractivity contribution >= 4 is 11.6 Å². The summed E-state index contributed by atoms with van der Waals surface area (Å²) in [6.45, 7) is 1.74. The van der Waals surface area contributed by atoms with E-state index in [1.807, 2.05) is 0 Å². The molecule has 0 atom stereocenters. The lowest BCUT2D eigenvalue weighted by Crippen LogP contribution is -2.15. The van der Waals surface area contributed by atoms with Crippen LogP contribution >= 0.6 is 0 Å². The highest BCUT2D eigenvalue weighted by atomic mass is 16.1. The lowest BCUT2D eigenvalue weighted by atomic mass is 10.6. The van der Waals surface area contributed by atoms with Gasteiger partial charge in [-0.15, -0.1) is 0 Å². The fraction of sp³-hybridized carbons (Fsp3) is 0.167. The van der Waals surface area contributed by atoms with E-state index >= 15 is 0 Å². The summed E-state index contributed by atoms with van der Waals surface area (Å²) in [5.74, 6) is 1.12. The molecule has 0 bridgehead atoms. The standard InChI is InChI=1S/C6H7N5O/c1-3-8-6-9-4(7)2-5(12)11(6)10-3/h2H,7H2,1H3,(H,8,9,10). The normalized spacial score (nSPS) is 10.8. The number of hydrogen-bond acceptors (Lipinski definition) is 4. The van der Waals surface area contributed by atoms with Gasteiger partial charge in [-0.2, -0.15) is 14.5 Å². The molecule has 0 saturated heterocycles. The third-order valence-corrected chi connectivity index (χ3v) is 1.46. The van der Waals surface area contributed by atoms with Crippen LogP contribution in [0.25, 0.3) is 5.78 Å². The van der Waals surface area contributed by atoms with Crippen LogP contribution in [0.15, 0.2) is 10.9 Å². The molecule has 0 amide bonds. The lowest BCUT2D eigenvalue weighted by molar-refractivity contribution is 0.882. The summed E-state index contributed by atoms with van der Waals surface area (Å²) in [5.41, 5.74) is 5.10. The summed E-state index contributed by atoms with van der Waals surface area (Å²) in [5, 5.41) is 2.73. The monoisotopic (exact) mass is 165 g/mol. The van der Waals surface area contributed by atoms with Gasteiger partial charge in [-0.3, -0.25) is 9.89 Å². The number of nitrogens with two attached hydrogens (primary N) is 1. The van der Waals surface area contributed by atoms with Crippen LogP contribution in [-0.2, 0) is 0 Å². The Hall–Kier alpha value is -1.85. The summed E-state index contributed by atoms with van der Waals surface area (Å²) in [4.78, 5) is 19.0. The van der Waals surface area contributed by atoms with E-state index in [0.29, 0.717) is 11.6 Å². The number of nitrogens with one attached hydrogen (secondary N) is 1. The Morgan fingerprint density at radius 1 is 1.58 bits per heavy atom. The maximum atomic E-state index is 11.2. The van der Waals surface area contributed by atoms with Gasteiger partial charge < -0.3 is 5.73 Å². The van der Waals surface area contributed by atoms with Crippen molar-refractivity contribution in [3.8, 4) is 0 Å². The molecule has 2 heterocycles. The highest BCUT2D eigenvalue weighted by molar-refractivity contribution is 5.36. The summed E-state index contributed by atoms with van der Waals surface area (Å²) in [6.07, 6.45) is 0. The molecular weight excluding hydrogens is 158 g/mol. The van der Waals surface area contributed by atoms with Gasteiger partial charge >= 0.3 is 0 Å². The van der Waals surface area contributed by atoms with E-state index in [9.17, 15) is 4.79 Å². The van der Waals surface area contributed by atoms with Crippen LogP contribution in [0, 0.1) is 6.92 Å². The topological polar surface area (TPSA) is 89.1 Å². The van der Waals surface area contributed by atoms with Crippen LogP contribution in [0.2, 0.25) is 0 Å². The van der Waals surface area contributed by atoms with Gasteiger partial charge in [0.15, 0.2) is 0 Å². The summed E-state index contributed by atoms with van der Waals surface area (Å²) >= 11 is 0. The number of aromatic nitrogens is 4. The van der Waals surface area contributed by atoms with Gasteiger partial charge in [0.2, 0.25) is 0 Å². The molecule has 2 rings (SSSR count). The van der Waals surface area contributed by atoms with Gasteiger partial charge in [-0.05, 0) is 6.92 Å². The largest absolute Gasteiger partial charge is 0.383 e. The molecule has 12 heavy (non-hydrogen) atoms. The van der Waals surface area contributed by atoms with Gasteiger partial charge in [0, 0.05) is 6.07 Å². The zero-order valence-electron chi connectivity index (χ0n) is 6.40. The first-order chi connectivity index (χ1) is 5.66. The third kappa shape index (κ3) is 0.849. The molecule has 0 unspecified atom stereocenters. The van der Waals surface area contributed by atoms with Crippen molar-refractivity contribution in [1.29, 1.82) is 0 Å². The number of anilines is 1. The van der Waals surface area contributed by atoms with E-state index in [2.05, 4.69) is 15.1 Å². The van der Waals surface area contributed by atoms with Crippen molar-refractivity contribution in [2.75, 3.05) is 5.73 Å². The lowest BCUT2D eigenvalue weighted by Gasteiger charge is -1.90. The molecular formula is C6H7N5O. The Balaban J connectivity index is 2.98. The molecule has 2 aromatic rings. The molecule has 0 spiro atoms. The highest BCUT2D eigenvalue weighted by Crippen LogP contribution is 1.95. The Morgan fingerprint density at radius 2 is 2.33 bits per heavy atom. The van der Waals surface area contributed by atoms with Crippen LogP contribution in [0.3, 0.4) is 0 Å². The number of nitrogen functional groups attached to an aromatic ring is 1. The molecule has 3 N–H and O–H groups in total. The van der Waals surface area contributed by atoms with Crippen LogP contribution in [0.4, 0.5) is 5.82 Å². The Kier molecular flexibility index (Phi) is 1.18. The number of hydrogen-bond donors (Lipinski definition) is 2. The number of rotatable bonds is 0. The van der Waals surface area contributed by atoms with Crippen LogP contribution in [0.5, 0.6) is 0 Å². The van der Waals surface area contributed by atoms with Gasteiger partial charge in [-0.1, -0.05) is 0 Å². The predicted molar refractivity (Wildman–Crippen MR) is 42.8 cm³/mol.